The lowest BCUT2D eigenvalue weighted by atomic mass is 9.85. The van der Waals surface area contributed by atoms with Crippen LogP contribution in [0.1, 0.15) is 111 Å². The molecule has 0 spiro atoms. The zero-order chi connectivity index (χ0) is 61.3. The van der Waals surface area contributed by atoms with Crippen LogP contribution in [-0.2, 0) is 45.0 Å². The van der Waals surface area contributed by atoms with Crippen molar-refractivity contribution in [1.82, 2.24) is 24.9 Å². The van der Waals surface area contributed by atoms with Crippen molar-refractivity contribution < 1.29 is 57.5 Å². The van der Waals surface area contributed by atoms with Gasteiger partial charge in [-0.25, -0.2) is 18.4 Å². The number of nitrogens with zero attached hydrogens (tertiary/aromatic N) is 4. The first-order chi connectivity index (χ1) is 39.3. The zero-order valence-corrected chi connectivity index (χ0v) is 51.8. The van der Waals surface area contributed by atoms with Gasteiger partial charge in [0.25, 0.3) is 0 Å². The maximum absolute atomic E-state index is 14.5. The number of nitrogens with one attached hydrogen (secondary N) is 1. The molecule has 0 saturated carbocycles. The Morgan fingerprint density at radius 2 is 1.13 bits per heavy atom. The Bertz CT molecular complexity index is 2660. The second-order valence-corrected chi connectivity index (χ2v) is 23.8. The van der Waals surface area contributed by atoms with Gasteiger partial charge in [0.2, 0.25) is 5.91 Å². The number of Topliss-reactive ketones (excluding diaryl/α,β-unsaturated/α-hetero) is 1. The van der Waals surface area contributed by atoms with Gasteiger partial charge in [-0.15, -0.1) is 0 Å². The Morgan fingerprint density at radius 1 is 0.651 bits per heavy atom. The first-order valence-corrected chi connectivity index (χ1v) is 29.8. The Labute approximate surface area is 499 Å². The molecule has 3 amide bonds. The predicted molar refractivity (Wildman–Crippen MR) is 325 cm³/mol. The summed E-state index contributed by atoms with van der Waals surface area (Å²) in [5.74, 6) is -1.98. The highest BCUT2D eigenvalue weighted by molar-refractivity contribution is 9.09. The molecule has 6 atom stereocenters. The molecule has 2 aliphatic rings. The number of ether oxygens (including phenoxy) is 3. The molecule has 6 rings (SSSR count). The zero-order valence-electron chi connectivity index (χ0n) is 50.2. The van der Waals surface area contributed by atoms with E-state index in [1.54, 1.807) is 57.4 Å². The van der Waals surface area contributed by atoms with Gasteiger partial charge in [0, 0.05) is 83.2 Å². The van der Waals surface area contributed by atoms with Gasteiger partial charge in [0.1, 0.15) is 46.7 Å². The molecule has 4 aromatic carbocycles. The second kappa shape index (κ2) is 34.6. The molecule has 18 heteroatoms. The second-order valence-electron chi connectivity index (χ2n) is 23.1. The maximum Gasteiger partial charge on any atom is 0.410 e. The smallest absolute Gasteiger partial charge is 0.410 e. The quantitative estimate of drug-likeness (QED) is 0.0458. The van der Waals surface area contributed by atoms with Gasteiger partial charge in [0.05, 0.1) is 30.3 Å². The third-order valence-corrected chi connectivity index (χ3v) is 13.8. The van der Waals surface area contributed by atoms with Crippen molar-refractivity contribution in [3.8, 4) is 11.5 Å². The molecule has 2 saturated heterocycles. The number of halogens is 3. The lowest BCUT2D eigenvalue weighted by molar-refractivity contribution is -0.121. The summed E-state index contributed by atoms with van der Waals surface area (Å²) in [5, 5.41) is 37.0. The summed E-state index contributed by atoms with van der Waals surface area (Å²) in [5.41, 5.74) is 1.84. The van der Waals surface area contributed by atoms with Crippen LogP contribution in [0.15, 0.2) is 121 Å². The fourth-order valence-corrected chi connectivity index (χ4v) is 10.2. The van der Waals surface area contributed by atoms with Crippen molar-refractivity contribution in [3.63, 3.8) is 0 Å². The lowest BCUT2D eigenvalue weighted by Crippen LogP contribution is -2.64. The van der Waals surface area contributed by atoms with E-state index in [0.717, 1.165) is 35.4 Å². The molecular weight excluding hydrogens is 1130 g/mol. The number of allylic oxidation sites excluding steroid dienone is 3. The molecule has 15 nitrogen and oxygen atoms in total. The molecule has 83 heavy (non-hydrogen) atoms. The van der Waals surface area contributed by atoms with Gasteiger partial charge in [-0.1, -0.05) is 115 Å². The molecule has 2 aliphatic heterocycles. The number of hydrogen-bond acceptors (Lipinski definition) is 12. The lowest BCUT2D eigenvalue weighted by Gasteiger charge is -2.45. The molecule has 2 fully saturated rings. The van der Waals surface area contributed by atoms with Crippen LogP contribution < -0.4 is 10.1 Å². The number of phenolic OH excluding ortho intramolecular Hbond substituents is 1. The maximum atomic E-state index is 14.5. The summed E-state index contributed by atoms with van der Waals surface area (Å²) >= 11 is 3.26. The number of ketones is 1. The standard InChI is InChI=1S/C32H44FN3O5.C28H37FN2O5.C5H9Br/c1-6-7-11-16-40-27-18-25(17-26(33)20-27)19-28(34-23(2)37)30(38)29-22-35(21-24-12-9-8-10-13-24)14-15-36(29)31(39)41-32(3,4)5;1-19(32)12-22(13-21-14-23(29)16-24(33)15-21)26(34)25-18-30(17-20-8-6-5-7-9-20)10-11-31(25)27(35)36-28(2,3)4;1-2-3-4-5-6/h7-13,17-18,20,28-30,38H,6,14-16,19,21-22H2,1-5H3,(H,34,37);5-9,14-16,22,25-26,33-34H,10-13,17-18H2,1-4H3;3-4H,2,5H2,1H3/b11-7+;;4-3+/t28-,29+,30-;22-,25+,26-;/m00./s1. The SMILES string of the molecule is CC(=O)C[C@@H](Cc1cc(O)cc(F)c1)[C@H](O)[C@H]1CN(Cc2ccccc2)CCN1C(=O)OC(C)(C)C.CC/C=C/CBr.CC/C=C/COc1cc(F)cc(C[C@H](NC(C)=O)[C@H](O)[C@H]2CN(Cc3ccccc3)CCN2C(=O)OC(C)(C)C)c1. The van der Waals surface area contributed by atoms with E-state index in [0.29, 0.717) is 75.8 Å². The molecule has 0 aromatic heterocycles. The third-order valence-electron chi connectivity index (χ3n) is 13.4. The number of hydrogen-bond donors (Lipinski definition) is 4. The number of amides is 3. The number of benzene rings is 4. The molecule has 0 bridgehead atoms. The van der Waals surface area contributed by atoms with E-state index in [4.69, 9.17) is 14.2 Å². The van der Waals surface area contributed by atoms with E-state index in [1.807, 2.05) is 79.7 Å². The van der Waals surface area contributed by atoms with Crippen molar-refractivity contribution in [2.24, 2.45) is 5.92 Å². The Morgan fingerprint density at radius 3 is 1.58 bits per heavy atom. The summed E-state index contributed by atoms with van der Waals surface area (Å²) in [6.45, 7) is 22.0. The largest absolute Gasteiger partial charge is 0.508 e. The number of piperazine rings is 2. The Balaban J connectivity index is 0.000000326. The van der Waals surface area contributed by atoms with Crippen molar-refractivity contribution in [1.29, 1.82) is 0 Å². The molecule has 4 N–H and O–H groups in total. The highest BCUT2D eigenvalue weighted by Crippen LogP contribution is 2.29. The molecule has 2 heterocycles. The predicted octanol–water partition coefficient (Wildman–Crippen LogP) is 11.2. The minimum Gasteiger partial charge on any atom is -0.508 e. The number of alkyl halides is 1. The minimum atomic E-state index is -1.16. The van der Waals surface area contributed by atoms with Crippen LogP contribution in [-0.4, -0.2) is 152 Å². The van der Waals surface area contributed by atoms with Crippen LogP contribution in [0.5, 0.6) is 11.5 Å². The number of phenols is 1. The van der Waals surface area contributed by atoms with E-state index in [1.165, 1.54) is 38.1 Å². The number of rotatable bonds is 21. The minimum absolute atomic E-state index is 0.0514. The monoisotopic (exact) mass is 1220 g/mol. The number of carbonyl (C=O) groups is 4. The van der Waals surface area contributed by atoms with Gasteiger partial charge in [-0.2, -0.15) is 0 Å². The highest BCUT2D eigenvalue weighted by Gasteiger charge is 2.42. The van der Waals surface area contributed by atoms with Crippen molar-refractivity contribution >= 4 is 39.8 Å². The van der Waals surface area contributed by atoms with Crippen LogP contribution >= 0.6 is 15.9 Å². The summed E-state index contributed by atoms with van der Waals surface area (Å²) in [6.07, 6.45) is 7.15. The van der Waals surface area contributed by atoms with E-state index < -0.39 is 71.3 Å². The summed E-state index contributed by atoms with van der Waals surface area (Å²) < 4.78 is 45.4. The number of aromatic hydroxyl groups is 1. The first kappa shape index (κ1) is 69.3. The van der Waals surface area contributed by atoms with Crippen LogP contribution in [0.4, 0.5) is 18.4 Å². The molecular formula is C65H90BrF2N5O10. The van der Waals surface area contributed by atoms with Gasteiger partial charge < -0.3 is 44.5 Å². The van der Waals surface area contributed by atoms with Crippen LogP contribution in [0.2, 0.25) is 0 Å². The van der Waals surface area contributed by atoms with Crippen LogP contribution in [0.25, 0.3) is 0 Å². The number of aliphatic hydroxyl groups excluding tert-OH is 2. The average Bonchev–Trinajstić information content (AvgIpc) is 3.21. The molecule has 456 valence electrons. The van der Waals surface area contributed by atoms with Crippen LogP contribution in [0, 0.1) is 17.6 Å². The average molecular weight is 1220 g/mol. The fourth-order valence-electron chi connectivity index (χ4n) is 9.91. The summed E-state index contributed by atoms with van der Waals surface area (Å²) in [7, 11) is 0. The summed E-state index contributed by atoms with van der Waals surface area (Å²) in [4.78, 5) is 58.2. The fraction of sp³-hybridized carbons (Fsp3) is 0.508. The molecule has 0 aliphatic carbocycles. The Kier molecular flexibility index (Phi) is 28.9. The number of carbonyl (C=O) groups excluding carboxylic acids is 4. The first-order valence-electron chi connectivity index (χ1n) is 28.7. The topological polar surface area (TPSA) is 182 Å². The van der Waals surface area contributed by atoms with Gasteiger partial charge in [-0.3, -0.25) is 19.5 Å². The molecule has 0 unspecified atom stereocenters. The van der Waals surface area contributed by atoms with Crippen molar-refractivity contribution in [2.45, 2.75) is 156 Å². The molecule has 4 aromatic rings. The van der Waals surface area contributed by atoms with Gasteiger partial charge in [0.15, 0.2) is 0 Å². The third kappa shape index (κ3) is 25.7. The van der Waals surface area contributed by atoms with E-state index >= 15 is 0 Å². The highest BCUT2D eigenvalue weighted by atomic mass is 79.9. The van der Waals surface area contributed by atoms with Crippen LogP contribution in [0.3, 0.4) is 0 Å². The van der Waals surface area contributed by atoms with Gasteiger partial charge >= 0.3 is 12.2 Å². The van der Waals surface area contributed by atoms with E-state index in [-0.39, 0.29) is 36.7 Å². The Hall–Kier alpha value is -6.18. The normalized spacial score (nSPS) is 17.5. The van der Waals surface area contributed by atoms with Gasteiger partial charge in [-0.05, 0) is 127 Å². The molecule has 0 radical (unpaired) electrons. The summed E-state index contributed by atoms with van der Waals surface area (Å²) in [6, 6.07) is 25.9. The van der Waals surface area contributed by atoms with E-state index in [9.17, 15) is 43.3 Å². The number of aliphatic hydroxyl groups is 2. The van der Waals surface area contributed by atoms with Crippen molar-refractivity contribution in [3.05, 3.63) is 155 Å². The van der Waals surface area contributed by atoms with E-state index in [2.05, 4.69) is 50.1 Å². The van der Waals surface area contributed by atoms with Crippen molar-refractivity contribution in [2.75, 3.05) is 51.2 Å².